The summed E-state index contributed by atoms with van der Waals surface area (Å²) < 4.78 is 19.4. The Morgan fingerprint density at radius 3 is 2.55 bits per heavy atom. The molecular formula is C16H16BrFO2. The molecule has 0 spiro atoms. The summed E-state index contributed by atoms with van der Waals surface area (Å²) in [7, 11) is 0. The van der Waals surface area contributed by atoms with Crippen molar-refractivity contribution in [3.05, 3.63) is 63.9 Å². The first-order valence-corrected chi connectivity index (χ1v) is 7.24. The smallest absolute Gasteiger partial charge is 0.137 e. The van der Waals surface area contributed by atoms with Crippen molar-refractivity contribution in [1.29, 1.82) is 0 Å². The van der Waals surface area contributed by atoms with Crippen LogP contribution < -0.4 is 4.74 Å². The second-order valence-corrected chi connectivity index (χ2v) is 5.29. The number of aliphatic hydroxyl groups excluding tert-OH is 1. The monoisotopic (exact) mass is 338 g/mol. The molecule has 0 aliphatic heterocycles. The molecule has 0 amide bonds. The fourth-order valence-corrected chi connectivity index (χ4v) is 2.22. The predicted molar refractivity (Wildman–Crippen MR) is 80.1 cm³/mol. The topological polar surface area (TPSA) is 29.5 Å². The first kappa shape index (κ1) is 15.0. The first-order valence-electron chi connectivity index (χ1n) is 6.45. The van der Waals surface area contributed by atoms with Crippen LogP contribution in [0.15, 0.2) is 46.9 Å². The van der Waals surface area contributed by atoms with Gasteiger partial charge in [0.1, 0.15) is 18.2 Å². The number of rotatable bonds is 5. The fourth-order valence-electron chi connectivity index (χ4n) is 1.84. The number of hydrogen-bond acceptors (Lipinski definition) is 2. The number of benzene rings is 2. The Bertz CT molecular complexity index is 569. The van der Waals surface area contributed by atoms with Crippen LogP contribution in [0, 0.1) is 5.82 Å². The second-order valence-electron chi connectivity index (χ2n) is 4.49. The SMILES string of the molecule is CC[C@@H](O)c1ccc(OCc2cccc(F)c2Br)cc1. The summed E-state index contributed by atoms with van der Waals surface area (Å²) >= 11 is 3.21. The Labute approximate surface area is 126 Å². The van der Waals surface area contributed by atoms with Crippen LogP contribution in [0.25, 0.3) is 0 Å². The van der Waals surface area contributed by atoms with Crippen LogP contribution in [0.1, 0.15) is 30.6 Å². The van der Waals surface area contributed by atoms with E-state index in [2.05, 4.69) is 15.9 Å². The Hall–Kier alpha value is -1.39. The lowest BCUT2D eigenvalue weighted by Gasteiger charge is -2.11. The van der Waals surface area contributed by atoms with Gasteiger partial charge in [-0.2, -0.15) is 0 Å². The van der Waals surface area contributed by atoms with E-state index in [-0.39, 0.29) is 12.4 Å². The van der Waals surface area contributed by atoms with Crippen molar-refractivity contribution >= 4 is 15.9 Å². The molecule has 0 aliphatic carbocycles. The molecule has 20 heavy (non-hydrogen) atoms. The van der Waals surface area contributed by atoms with Crippen molar-refractivity contribution in [2.75, 3.05) is 0 Å². The molecule has 0 saturated heterocycles. The molecule has 0 saturated carbocycles. The van der Waals surface area contributed by atoms with E-state index in [1.807, 2.05) is 25.1 Å². The average Bonchev–Trinajstić information content (AvgIpc) is 2.48. The van der Waals surface area contributed by atoms with Crippen molar-refractivity contribution in [2.24, 2.45) is 0 Å². The zero-order chi connectivity index (χ0) is 14.5. The van der Waals surface area contributed by atoms with Gasteiger partial charge in [0, 0.05) is 5.56 Å². The van der Waals surface area contributed by atoms with Crippen LogP contribution in [0.5, 0.6) is 5.75 Å². The summed E-state index contributed by atoms with van der Waals surface area (Å²) in [5.74, 6) is 0.390. The number of hydrogen-bond donors (Lipinski definition) is 1. The van der Waals surface area contributed by atoms with Gasteiger partial charge in [-0.25, -0.2) is 4.39 Å². The van der Waals surface area contributed by atoms with E-state index >= 15 is 0 Å². The van der Waals surface area contributed by atoms with Crippen LogP contribution in [-0.2, 0) is 6.61 Å². The molecule has 0 bridgehead atoms. The van der Waals surface area contributed by atoms with Gasteiger partial charge in [0.15, 0.2) is 0 Å². The van der Waals surface area contributed by atoms with Crippen molar-refractivity contribution in [3.8, 4) is 5.75 Å². The zero-order valence-corrected chi connectivity index (χ0v) is 12.7. The molecule has 2 nitrogen and oxygen atoms in total. The van der Waals surface area contributed by atoms with E-state index in [1.54, 1.807) is 18.2 Å². The Morgan fingerprint density at radius 2 is 1.90 bits per heavy atom. The highest BCUT2D eigenvalue weighted by atomic mass is 79.9. The molecule has 1 atom stereocenters. The fraction of sp³-hybridized carbons (Fsp3) is 0.250. The second kappa shape index (κ2) is 6.86. The number of halogens is 2. The number of aliphatic hydroxyl groups is 1. The van der Waals surface area contributed by atoms with Gasteiger partial charge in [0.05, 0.1) is 10.6 Å². The summed E-state index contributed by atoms with van der Waals surface area (Å²) in [6.45, 7) is 2.21. The number of ether oxygens (including phenoxy) is 1. The van der Waals surface area contributed by atoms with Gasteiger partial charge in [0.25, 0.3) is 0 Å². The standard InChI is InChI=1S/C16H16BrFO2/c1-2-15(19)11-6-8-13(9-7-11)20-10-12-4-3-5-14(18)16(12)17/h3-9,15,19H,2,10H2,1H3/t15-/m1/s1. The third kappa shape index (κ3) is 3.58. The predicted octanol–water partition coefficient (Wildman–Crippen LogP) is 4.61. The van der Waals surface area contributed by atoms with Gasteiger partial charge >= 0.3 is 0 Å². The van der Waals surface area contributed by atoms with E-state index in [1.165, 1.54) is 6.07 Å². The largest absolute Gasteiger partial charge is 0.489 e. The van der Waals surface area contributed by atoms with Crippen LogP contribution in [0.3, 0.4) is 0 Å². The van der Waals surface area contributed by atoms with E-state index < -0.39 is 6.10 Å². The molecule has 2 aromatic carbocycles. The highest BCUT2D eigenvalue weighted by Gasteiger charge is 2.07. The lowest BCUT2D eigenvalue weighted by atomic mass is 10.1. The van der Waals surface area contributed by atoms with Crippen LogP contribution >= 0.6 is 15.9 Å². The Morgan fingerprint density at radius 1 is 1.20 bits per heavy atom. The maximum absolute atomic E-state index is 13.4. The molecule has 4 heteroatoms. The molecule has 106 valence electrons. The van der Waals surface area contributed by atoms with Gasteiger partial charge in [-0.1, -0.05) is 31.2 Å². The molecule has 1 N–H and O–H groups in total. The van der Waals surface area contributed by atoms with Crippen molar-refractivity contribution in [3.63, 3.8) is 0 Å². The van der Waals surface area contributed by atoms with Gasteiger partial charge in [0.2, 0.25) is 0 Å². The van der Waals surface area contributed by atoms with Gasteiger partial charge in [-0.15, -0.1) is 0 Å². The first-order chi connectivity index (χ1) is 9.61. The molecule has 2 aromatic rings. The highest BCUT2D eigenvalue weighted by Crippen LogP contribution is 2.23. The quantitative estimate of drug-likeness (QED) is 0.862. The van der Waals surface area contributed by atoms with Crippen LogP contribution in [-0.4, -0.2) is 5.11 Å². The normalized spacial score (nSPS) is 12.2. The van der Waals surface area contributed by atoms with Crippen molar-refractivity contribution < 1.29 is 14.2 Å². The third-order valence-corrected chi connectivity index (χ3v) is 3.97. The van der Waals surface area contributed by atoms with E-state index in [0.717, 1.165) is 11.1 Å². The minimum atomic E-state index is -0.443. The molecule has 0 unspecified atom stereocenters. The zero-order valence-electron chi connectivity index (χ0n) is 11.1. The van der Waals surface area contributed by atoms with Gasteiger partial charge in [-0.3, -0.25) is 0 Å². The van der Waals surface area contributed by atoms with E-state index in [4.69, 9.17) is 4.74 Å². The molecule has 0 fully saturated rings. The van der Waals surface area contributed by atoms with Crippen LogP contribution in [0.4, 0.5) is 4.39 Å². The lowest BCUT2D eigenvalue weighted by Crippen LogP contribution is -1.99. The minimum Gasteiger partial charge on any atom is -0.489 e. The van der Waals surface area contributed by atoms with Crippen LogP contribution in [0.2, 0.25) is 0 Å². The van der Waals surface area contributed by atoms with Gasteiger partial charge < -0.3 is 9.84 Å². The lowest BCUT2D eigenvalue weighted by molar-refractivity contribution is 0.173. The minimum absolute atomic E-state index is 0.286. The summed E-state index contributed by atoms with van der Waals surface area (Å²) in [6, 6.07) is 12.1. The molecule has 0 heterocycles. The van der Waals surface area contributed by atoms with Gasteiger partial charge in [-0.05, 0) is 46.1 Å². The molecule has 0 radical (unpaired) electrons. The van der Waals surface area contributed by atoms with E-state index in [9.17, 15) is 9.50 Å². The van der Waals surface area contributed by atoms with E-state index in [0.29, 0.717) is 16.6 Å². The third-order valence-electron chi connectivity index (χ3n) is 3.08. The summed E-state index contributed by atoms with van der Waals surface area (Å²) in [6.07, 6.45) is 0.234. The van der Waals surface area contributed by atoms with Crippen molar-refractivity contribution in [1.82, 2.24) is 0 Å². The maximum Gasteiger partial charge on any atom is 0.137 e. The molecule has 0 aliphatic rings. The molecule has 0 aromatic heterocycles. The Balaban J connectivity index is 2.02. The summed E-state index contributed by atoms with van der Waals surface area (Å²) in [5, 5.41) is 9.71. The summed E-state index contributed by atoms with van der Waals surface area (Å²) in [4.78, 5) is 0. The maximum atomic E-state index is 13.4. The van der Waals surface area contributed by atoms with Crippen molar-refractivity contribution in [2.45, 2.75) is 26.1 Å². The Kier molecular flexibility index (Phi) is 5.15. The summed E-state index contributed by atoms with van der Waals surface area (Å²) in [5.41, 5.74) is 1.62. The average molecular weight is 339 g/mol. The highest BCUT2D eigenvalue weighted by molar-refractivity contribution is 9.10. The molecular weight excluding hydrogens is 323 g/mol. The molecule has 2 rings (SSSR count).